The van der Waals surface area contributed by atoms with Crippen LogP contribution in [-0.4, -0.2) is 24.5 Å². The maximum absolute atomic E-state index is 12.4. The zero-order valence-corrected chi connectivity index (χ0v) is 14.0. The molecule has 0 aliphatic rings. The lowest BCUT2D eigenvalue weighted by molar-refractivity contribution is -0.129. The van der Waals surface area contributed by atoms with Crippen molar-refractivity contribution in [2.24, 2.45) is 0 Å². The number of ether oxygens (including phenoxy) is 1. The van der Waals surface area contributed by atoms with Gasteiger partial charge in [-0.2, -0.15) is 0 Å². The number of hydrogen-bond donors (Lipinski definition) is 0. The summed E-state index contributed by atoms with van der Waals surface area (Å²) in [5, 5.41) is 1.06. The van der Waals surface area contributed by atoms with Gasteiger partial charge in [0.05, 0.1) is 19.6 Å². The second-order valence-electron chi connectivity index (χ2n) is 5.75. The van der Waals surface area contributed by atoms with Crippen molar-refractivity contribution in [1.82, 2.24) is 4.90 Å². The number of carbonyl (C=O) groups is 1. The SMILES string of the molecule is CCOc1ccc(CC(=O)N(C)Cc2cc3ccccc3o2)cc1. The summed E-state index contributed by atoms with van der Waals surface area (Å²) in [6.07, 6.45) is 0.364. The molecule has 0 saturated carbocycles. The average Bonchev–Trinajstić information content (AvgIpc) is 2.99. The second-order valence-corrected chi connectivity index (χ2v) is 5.75. The molecule has 24 heavy (non-hydrogen) atoms. The van der Waals surface area contributed by atoms with Crippen LogP contribution in [-0.2, 0) is 17.8 Å². The minimum Gasteiger partial charge on any atom is -0.494 e. The Hall–Kier alpha value is -2.75. The van der Waals surface area contributed by atoms with Crippen molar-refractivity contribution in [3.8, 4) is 5.75 Å². The molecule has 0 unspecified atom stereocenters. The van der Waals surface area contributed by atoms with E-state index in [0.29, 0.717) is 19.6 Å². The van der Waals surface area contributed by atoms with Crippen molar-refractivity contribution in [3.05, 3.63) is 65.9 Å². The summed E-state index contributed by atoms with van der Waals surface area (Å²) in [5.41, 5.74) is 1.82. The minimum absolute atomic E-state index is 0.0552. The largest absolute Gasteiger partial charge is 0.494 e. The van der Waals surface area contributed by atoms with Crippen LogP contribution < -0.4 is 4.74 Å². The van der Waals surface area contributed by atoms with Crippen molar-refractivity contribution < 1.29 is 13.9 Å². The third-order valence-corrected chi connectivity index (χ3v) is 3.89. The lowest BCUT2D eigenvalue weighted by Crippen LogP contribution is -2.27. The topological polar surface area (TPSA) is 42.7 Å². The van der Waals surface area contributed by atoms with Crippen LogP contribution in [0, 0.1) is 0 Å². The maximum Gasteiger partial charge on any atom is 0.227 e. The summed E-state index contributed by atoms with van der Waals surface area (Å²) in [4.78, 5) is 14.1. The van der Waals surface area contributed by atoms with Gasteiger partial charge in [0.25, 0.3) is 0 Å². The first-order valence-electron chi connectivity index (χ1n) is 8.09. The molecule has 0 aliphatic carbocycles. The number of hydrogen-bond acceptors (Lipinski definition) is 3. The van der Waals surface area contributed by atoms with Gasteiger partial charge in [0.2, 0.25) is 5.91 Å². The molecule has 1 amide bonds. The summed E-state index contributed by atoms with van der Waals surface area (Å²) >= 11 is 0. The summed E-state index contributed by atoms with van der Waals surface area (Å²) in [7, 11) is 1.80. The Morgan fingerprint density at radius 3 is 2.58 bits per heavy atom. The average molecular weight is 323 g/mol. The van der Waals surface area contributed by atoms with E-state index in [-0.39, 0.29) is 5.91 Å². The van der Waals surface area contributed by atoms with Crippen LogP contribution in [0.2, 0.25) is 0 Å². The van der Waals surface area contributed by atoms with Gasteiger partial charge in [0.1, 0.15) is 17.1 Å². The highest BCUT2D eigenvalue weighted by atomic mass is 16.5. The van der Waals surface area contributed by atoms with Gasteiger partial charge in [-0.1, -0.05) is 30.3 Å². The standard InChI is InChI=1S/C20H21NO3/c1-3-23-17-10-8-15(9-11-17)12-20(22)21(2)14-18-13-16-6-4-5-7-19(16)24-18/h4-11,13H,3,12,14H2,1-2H3. The molecule has 1 aromatic heterocycles. The molecule has 1 heterocycles. The van der Waals surface area contributed by atoms with Crippen LogP contribution in [0.3, 0.4) is 0 Å². The van der Waals surface area contributed by atoms with Gasteiger partial charge in [-0.3, -0.25) is 4.79 Å². The van der Waals surface area contributed by atoms with Crippen LogP contribution >= 0.6 is 0 Å². The van der Waals surface area contributed by atoms with E-state index < -0.39 is 0 Å². The zero-order valence-electron chi connectivity index (χ0n) is 14.0. The minimum atomic E-state index is 0.0552. The Balaban J connectivity index is 1.61. The predicted octanol–water partition coefficient (Wildman–Crippen LogP) is 4.03. The predicted molar refractivity (Wildman–Crippen MR) is 94.0 cm³/mol. The van der Waals surface area contributed by atoms with Crippen molar-refractivity contribution in [3.63, 3.8) is 0 Å². The molecule has 0 bridgehead atoms. The van der Waals surface area contributed by atoms with Gasteiger partial charge in [-0.15, -0.1) is 0 Å². The molecule has 0 atom stereocenters. The first-order chi connectivity index (χ1) is 11.7. The van der Waals surface area contributed by atoms with Gasteiger partial charge < -0.3 is 14.1 Å². The lowest BCUT2D eigenvalue weighted by Gasteiger charge is -2.15. The van der Waals surface area contributed by atoms with Crippen molar-refractivity contribution in [2.75, 3.05) is 13.7 Å². The molecule has 4 nitrogen and oxygen atoms in total. The molecule has 3 aromatic rings. The van der Waals surface area contributed by atoms with Crippen molar-refractivity contribution in [1.29, 1.82) is 0 Å². The van der Waals surface area contributed by atoms with Crippen LogP contribution in [0.25, 0.3) is 11.0 Å². The molecule has 3 rings (SSSR count). The molecule has 0 saturated heterocycles. The number of furan rings is 1. The molecular formula is C20H21NO3. The Kier molecular flexibility index (Phi) is 4.85. The van der Waals surface area contributed by atoms with Crippen molar-refractivity contribution >= 4 is 16.9 Å². The van der Waals surface area contributed by atoms with E-state index in [0.717, 1.165) is 28.0 Å². The third-order valence-electron chi connectivity index (χ3n) is 3.89. The molecular weight excluding hydrogens is 302 g/mol. The molecule has 0 spiro atoms. The van der Waals surface area contributed by atoms with Gasteiger partial charge in [-0.25, -0.2) is 0 Å². The molecule has 0 fully saturated rings. The number of carbonyl (C=O) groups excluding carboxylic acids is 1. The first kappa shape index (κ1) is 16.1. The van der Waals surface area contributed by atoms with E-state index >= 15 is 0 Å². The summed E-state index contributed by atoms with van der Waals surface area (Å²) in [6, 6.07) is 17.5. The highest BCUT2D eigenvalue weighted by Crippen LogP contribution is 2.20. The fourth-order valence-electron chi connectivity index (χ4n) is 2.62. The Labute approximate surface area is 141 Å². The summed E-state index contributed by atoms with van der Waals surface area (Å²) < 4.78 is 11.2. The van der Waals surface area contributed by atoms with Crippen LogP contribution in [0.4, 0.5) is 0 Å². The molecule has 2 aromatic carbocycles. The summed E-state index contributed by atoms with van der Waals surface area (Å²) in [5.74, 6) is 1.67. The van der Waals surface area contributed by atoms with E-state index in [1.165, 1.54) is 0 Å². The molecule has 0 aliphatic heterocycles. The molecule has 4 heteroatoms. The second kappa shape index (κ2) is 7.21. The normalized spacial score (nSPS) is 10.8. The Morgan fingerprint density at radius 1 is 1.12 bits per heavy atom. The fraction of sp³-hybridized carbons (Fsp3) is 0.250. The van der Waals surface area contributed by atoms with Crippen LogP contribution in [0.5, 0.6) is 5.75 Å². The number of likely N-dealkylation sites (N-methyl/N-ethyl adjacent to an activating group) is 1. The number of para-hydroxylation sites is 1. The number of fused-ring (bicyclic) bond motifs is 1. The molecule has 124 valence electrons. The number of benzene rings is 2. The van der Waals surface area contributed by atoms with Crippen LogP contribution in [0.15, 0.2) is 59.0 Å². The van der Waals surface area contributed by atoms with E-state index in [1.807, 2.05) is 61.5 Å². The lowest BCUT2D eigenvalue weighted by atomic mass is 10.1. The van der Waals surface area contributed by atoms with E-state index in [2.05, 4.69) is 0 Å². The number of nitrogens with zero attached hydrogens (tertiary/aromatic N) is 1. The van der Waals surface area contributed by atoms with Gasteiger partial charge in [-0.05, 0) is 36.8 Å². The fourth-order valence-corrected chi connectivity index (χ4v) is 2.62. The monoisotopic (exact) mass is 323 g/mol. The smallest absolute Gasteiger partial charge is 0.227 e. The molecule has 0 radical (unpaired) electrons. The van der Waals surface area contributed by atoms with Crippen LogP contribution in [0.1, 0.15) is 18.2 Å². The van der Waals surface area contributed by atoms with Gasteiger partial charge in [0, 0.05) is 12.4 Å². The summed E-state index contributed by atoms with van der Waals surface area (Å²) in [6.45, 7) is 3.05. The third kappa shape index (κ3) is 3.77. The molecule has 0 N–H and O–H groups in total. The highest BCUT2D eigenvalue weighted by molar-refractivity contribution is 5.79. The first-order valence-corrected chi connectivity index (χ1v) is 8.09. The van der Waals surface area contributed by atoms with Gasteiger partial charge in [0.15, 0.2) is 0 Å². The quantitative estimate of drug-likeness (QED) is 0.688. The number of rotatable bonds is 6. The highest BCUT2D eigenvalue weighted by Gasteiger charge is 2.13. The maximum atomic E-state index is 12.4. The van der Waals surface area contributed by atoms with Gasteiger partial charge >= 0.3 is 0 Å². The Morgan fingerprint density at radius 2 is 1.88 bits per heavy atom. The van der Waals surface area contributed by atoms with E-state index in [9.17, 15) is 4.79 Å². The Bertz CT molecular complexity index is 787. The van der Waals surface area contributed by atoms with E-state index in [1.54, 1.807) is 11.9 Å². The number of amides is 1. The van der Waals surface area contributed by atoms with E-state index in [4.69, 9.17) is 9.15 Å². The van der Waals surface area contributed by atoms with Crippen molar-refractivity contribution in [2.45, 2.75) is 19.9 Å². The zero-order chi connectivity index (χ0) is 16.9.